The summed E-state index contributed by atoms with van der Waals surface area (Å²) in [6.45, 7) is 1.21. The Labute approximate surface area is 174 Å². The second-order valence-corrected chi connectivity index (χ2v) is 11.2. The Morgan fingerprint density at radius 2 is 2.04 bits per heavy atom. The molecule has 1 fully saturated rings. The van der Waals surface area contributed by atoms with Crippen molar-refractivity contribution < 1.29 is 17.6 Å². The fourth-order valence-electron chi connectivity index (χ4n) is 2.43. The van der Waals surface area contributed by atoms with Crippen molar-refractivity contribution in [1.82, 2.24) is 19.4 Å². The molecule has 0 N–H and O–H groups in total. The fraction of sp³-hybridized carbons (Fsp3) is 0.500. The van der Waals surface area contributed by atoms with Gasteiger partial charge in [0.15, 0.2) is 0 Å². The van der Waals surface area contributed by atoms with Gasteiger partial charge >= 0.3 is 0 Å². The molecule has 0 radical (unpaired) electrons. The number of aromatic nitrogens is 2. The van der Waals surface area contributed by atoms with Gasteiger partial charge in [0.2, 0.25) is 11.8 Å². The number of thioether (sulfide) groups is 2. The van der Waals surface area contributed by atoms with Gasteiger partial charge in [0.05, 0.1) is 15.8 Å². The Kier molecular flexibility index (Phi) is 7.08. The fourth-order valence-corrected chi connectivity index (χ4v) is 6.54. The van der Waals surface area contributed by atoms with Crippen LogP contribution in [0.4, 0.5) is 0 Å². The van der Waals surface area contributed by atoms with Gasteiger partial charge in [-0.25, -0.2) is 8.42 Å². The van der Waals surface area contributed by atoms with E-state index in [0.717, 1.165) is 11.3 Å². The molecule has 1 aliphatic heterocycles. The smallest absolute Gasteiger partial charge is 0.277 e. The molecular formula is C14H17ClN4O4S4. The zero-order chi connectivity index (χ0) is 19.4. The van der Waals surface area contributed by atoms with Crippen LogP contribution < -0.4 is 0 Å². The lowest BCUT2D eigenvalue weighted by Gasteiger charge is -2.33. The van der Waals surface area contributed by atoms with Gasteiger partial charge in [0, 0.05) is 26.2 Å². The number of sulfonamides is 1. The average molecular weight is 469 g/mol. The van der Waals surface area contributed by atoms with Crippen LogP contribution in [0.5, 0.6) is 0 Å². The molecule has 0 atom stereocenters. The summed E-state index contributed by atoms with van der Waals surface area (Å²) in [5, 5.41) is 8.16. The summed E-state index contributed by atoms with van der Waals surface area (Å²) in [6.07, 6.45) is 1.94. The van der Waals surface area contributed by atoms with Crippen molar-refractivity contribution in [1.29, 1.82) is 0 Å². The first-order valence-electron chi connectivity index (χ1n) is 7.87. The highest BCUT2D eigenvalue weighted by molar-refractivity contribution is 7.99. The zero-order valence-electron chi connectivity index (χ0n) is 14.3. The van der Waals surface area contributed by atoms with Crippen LogP contribution >= 0.6 is 46.5 Å². The van der Waals surface area contributed by atoms with Gasteiger partial charge in [-0.3, -0.25) is 4.79 Å². The first kappa shape index (κ1) is 20.9. The molecule has 0 bridgehead atoms. The average Bonchev–Trinajstić information content (AvgIpc) is 3.29. The van der Waals surface area contributed by atoms with Gasteiger partial charge in [-0.1, -0.05) is 23.4 Å². The van der Waals surface area contributed by atoms with Crippen molar-refractivity contribution in [2.24, 2.45) is 0 Å². The number of carbonyl (C=O) groups excluding carboxylic acids is 1. The van der Waals surface area contributed by atoms with Gasteiger partial charge < -0.3 is 9.32 Å². The van der Waals surface area contributed by atoms with Gasteiger partial charge in [0.25, 0.3) is 15.2 Å². The number of carbonyl (C=O) groups is 1. The monoisotopic (exact) mass is 468 g/mol. The maximum absolute atomic E-state index is 12.6. The Morgan fingerprint density at radius 1 is 1.30 bits per heavy atom. The minimum Gasteiger partial charge on any atom is -0.415 e. The second-order valence-electron chi connectivity index (χ2n) is 5.53. The number of thiophene rings is 1. The van der Waals surface area contributed by atoms with Gasteiger partial charge in [0.1, 0.15) is 4.21 Å². The number of hydrogen-bond acceptors (Lipinski definition) is 9. The maximum Gasteiger partial charge on any atom is 0.277 e. The van der Waals surface area contributed by atoms with E-state index in [1.165, 1.54) is 22.1 Å². The largest absolute Gasteiger partial charge is 0.415 e. The third-order valence-corrected chi connectivity index (χ3v) is 8.71. The molecule has 3 rings (SSSR count). The van der Waals surface area contributed by atoms with Crippen LogP contribution in [-0.2, 0) is 20.6 Å². The topological polar surface area (TPSA) is 96.6 Å². The third-order valence-electron chi connectivity index (χ3n) is 3.77. The lowest BCUT2D eigenvalue weighted by atomic mass is 10.3. The van der Waals surface area contributed by atoms with E-state index in [4.69, 9.17) is 16.0 Å². The van der Waals surface area contributed by atoms with E-state index in [0.29, 0.717) is 34.3 Å². The standard InChI is InChI=1S/C14H17ClN4O4S4/c1-24-8-11-16-17-14(23-11)25-9-12(20)18-4-6-19(7-5-18)27(21,22)13-3-2-10(15)26-13/h2-3H,4-9H2,1H3. The second kappa shape index (κ2) is 9.14. The Balaban J connectivity index is 1.50. The normalized spacial score (nSPS) is 16.0. The van der Waals surface area contributed by atoms with E-state index < -0.39 is 10.0 Å². The lowest BCUT2D eigenvalue weighted by molar-refractivity contribution is -0.129. The summed E-state index contributed by atoms with van der Waals surface area (Å²) in [6, 6.07) is 3.07. The molecule has 1 amide bonds. The first-order chi connectivity index (χ1) is 12.9. The van der Waals surface area contributed by atoms with Crippen LogP contribution in [0.15, 0.2) is 26.0 Å². The highest BCUT2D eigenvalue weighted by Crippen LogP contribution is 2.28. The molecule has 1 aliphatic rings. The SMILES string of the molecule is CSCc1nnc(SCC(=O)N2CCN(S(=O)(=O)c3ccc(Cl)s3)CC2)o1. The predicted octanol–water partition coefficient (Wildman–Crippen LogP) is 2.27. The summed E-state index contributed by atoms with van der Waals surface area (Å²) >= 11 is 9.64. The maximum atomic E-state index is 12.6. The lowest BCUT2D eigenvalue weighted by Crippen LogP contribution is -2.50. The predicted molar refractivity (Wildman–Crippen MR) is 107 cm³/mol. The number of piperazine rings is 1. The molecule has 27 heavy (non-hydrogen) atoms. The zero-order valence-corrected chi connectivity index (χ0v) is 18.4. The first-order valence-corrected chi connectivity index (χ1v) is 12.9. The molecule has 0 saturated carbocycles. The Hall–Kier alpha value is -0.790. The molecule has 1 saturated heterocycles. The van der Waals surface area contributed by atoms with Gasteiger partial charge in [-0.2, -0.15) is 16.1 Å². The van der Waals surface area contributed by atoms with Crippen LogP contribution in [0, 0.1) is 0 Å². The van der Waals surface area contributed by atoms with Crippen molar-refractivity contribution in [3.63, 3.8) is 0 Å². The van der Waals surface area contributed by atoms with E-state index in [1.54, 1.807) is 22.7 Å². The number of hydrogen-bond donors (Lipinski definition) is 0. The molecule has 0 unspecified atom stereocenters. The number of amides is 1. The van der Waals surface area contributed by atoms with Crippen molar-refractivity contribution in [2.75, 3.05) is 38.2 Å². The molecule has 2 aromatic heterocycles. The van der Waals surface area contributed by atoms with Crippen LogP contribution in [-0.4, -0.2) is 71.9 Å². The summed E-state index contributed by atoms with van der Waals surface area (Å²) in [4.78, 5) is 14.0. The highest BCUT2D eigenvalue weighted by atomic mass is 35.5. The van der Waals surface area contributed by atoms with E-state index >= 15 is 0 Å². The molecule has 13 heteroatoms. The van der Waals surface area contributed by atoms with Gasteiger partial charge in [-0.15, -0.1) is 21.5 Å². The molecular weight excluding hydrogens is 452 g/mol. The molecule has 148 valence electrons. The van der Waals surface area contributed by atoms with Crippen LogP contribution in [0.3, 0.4) is 0 Å². The molecule has 8 nitrogen and oxygen atoms in total. The van der Waals surface area contributed by atoms with Crippen LogP contribution in [0.25, 0.3) is 0 Å². The van der Waals surface area contributed by atoms with Crippen LogP contribution in [0.1, 0.15) is 5.89 Å². The number of halogens is 1. The molecule has 0 spiro atoms. The summed E-state index contributed by atoms with van der Waals surface area (Å²) in [7, 11) is -3.56. The Morgan fingerprint density at radius 3 is 2.67 bits per heavy atom. The van der Waals surface area contributed by atoms with Crippen molar-refractivity contribution in [3.8, 4) is 0 Å². The quantitative estimate of drug-likeness (QED) is 0.571. The minimum atomic E-state index is -3.56. The van der Waals surface area contributed by atoms with E-state index in [9.17, 15) is 13.2 Å². The number of nitrogens with zero attached hydrogens (tertiary/aromatic N) is 4. The summed E-state index contributed by atoms with van der Waals surface area (Å²) < 4.78 is 32.6. The highest BCUT2D eigenvalue weighted by Gasteiger charge is 2.31. The van der Waals surface area contributed by atoms with E-state index in [1.807, 2.05) is 6.26 Å². The summed E-state index contributed by atoms with van der Waals surface area (Å²) in [5.74, 6) is 1.26. The molecule has 0 aliphatic carbocycles. The van der Waals surface area contributed by atoms with E-state index in [2.05, 4.69) is 10.2 Å². The van der Waals surface area contributed by atoms with Gasteiger partial charge in [-0.05, 0) is 18.4 Å². The Bertz CT molecular complexity index is 893. The third kappa shape index (κ3) is 5.18. The molecule has 0 aromatic carbocycles. The molecule has 3 heterocycles. The van der Waals surface area contributed by atoms with Crippen molar-refractivity contribution in [2.45, 2.75) is 15.2 Å². The van der Waals surface area contributed by atoms with Crippen molar-refractivity contribution in [3.05, 3.63) is 22.4 Å². The van der Waals surface area contributed by atoms with Crippen LogP contribution in [0.2, 0.25) is 4.34 Å². The van der Waals surface area contributed by atoms with Crippen molar-refractivity contribution >= 4 is 62.4 Å². The minimum absolute atomic E-state index is 0.0826. The summed E-state index contributed by atoms with van der Waals surface area (Å²) in [5.41, 5.74) is 0. The van der Waals surface area contributed by atoms with E-state index in [-0.39, 0.29) is 29.0 Å². The number of rotatable bonds is 7. The molecule has 2 aromatic rings.